The van der Waals surface area contributed by atoms with Crippen molar-refractivity contribution in [3.8, 4) is 11.1 Å². The molecular formula is C29H34. The van der Waals surface area contributed by atoms with Gasteiger partial charge in [0.05, 0.1) is 0 Å². The molecule has 2 aromatic rings. The number of allylic oxidation sites excluding steroid dienone is 4. The highest BCUT2D eigenvalue weighted by molar-refractivity contribution is 5.68. The highest BCUT2D eigenvalue weighted by atomic mass is 14.4. The summed E-state index contributed by atoms with van der Waals surface area (Å²) in [5.41, 5.74) is 12.9. The number of rotatable bonds is 2. The van der Waals surface area contributed by atoms with Gasteiger partial charge in [-0.15, -0.1) is 0 Å². The smallest absolute Gasteiger partial charge is 0.0145 e. The van der Waals surface area contributed by atoms with Gasteiger partial charge in [0, 0.05) is 5.92 Å². The van der Waals surface area contributed by atoms with Gasteiger partial charge in [0.1, 0.15) is 0 Å². The van der Waals surface area contributed by atoms with Crippen molar-refractivity contribution in [1.82, 2.24) is 0 Å². The Morgan fingerprint density at radius 1 is 0.793 bits per heavy atom. The lowest BCUT2D eigenvalue weighted by atomic mass is 9.59. The molecule has 29 heavy (non-hydrogen) atoms. The van der Waals surface area contributed by atoms with E-state index in [1.54, 1.807) is 33.4 Å². The molecule has 0 aliphatic heterocycles. The van der Waals surface area contributed by atoms with Crippen LogP contribution in [0, 0.1) is 5.41 Å². The zero-order chi connectivity index (χ0) is 20.0. The molecule has 0 heterocycles. The molecule has 150 valence electrons. The van der Waals surface area contributed by atoms with Gasteiger partial charge in [-0.3, -0.25) is 0 Å². The number of fused-ring (bicyclic) bond motifs is 1. The van der Waals surface area contributed by atoms with Gasteiger partial charge < -0.3 is 0 Å². The molecule has 0 amide bonds. The summed E-state index contributed by atoms with van der Waals surface area (Å²) >= 11 is 0. The Morgan fingerprint density at radius 3 is 2.34 bits per heavy atom. The normalized spacial score (nSPS) is 23.3. The molecule has 0 nitrogen and oxygen atoms in total. The van der Waals surface area contributed by atoms with Gasteiger partial charge >= 0.3 is 0 Å². The van der Waals surface area contributed by atoms with Crippen LogP contribution < -0.4 is 0 Å². The van der Waals surface area contributed by atoms with Gasteiger partial charge in [-0.25, -0.2) is 0 Å². The van der Waals surface area contributed by atoms with Crippen LogP contribution in [0.5, 0.6) is 0 Å². The highest BCUT2D eigenvalue weighted by Crippen LogP contribution is 2.55. The van der Waals surface area contributed by atoms with Gasteiger partial charge in [0.2, 0.25) is 0 Å². The van der Waals surface area contributed by atoms with Crippen LogP contribution in [-0.2, 0) is 12.8 Å². The molecule has 0 aromatic heterocycles. The summed E-state index contributed by atoms with van der Waals surface area (Å²) in [7, 11) is 0. The fourth-order valence-electron chi connectivity index (χ4n) is 6.09. The number of aryl methyl sites for hydroxylation is 1. The zero-order valence-corrected chi connectivity index (χ0v) is 18.4. The summed E-state index contributed by atoms with van der Waals surface area (Å²) in [6, 6.07) is 16.1. The van der Waals surface area contributed by atoms with Crippen molar-refractivity contribution in [3.05, 3.63) is 82.0 Å². The zero-order valence-electron chi connectivity index (χ0n) is 18.4. The lowest BCUT2D eigenvalue weighted by Crippen LogP contribution is -2.31. The first-order valence-corrected chi connectivity index (χ1v) is 11.7. The van der Waals surface area contributed by atoms with E-state index in [9.17, 15) is 0 Å². The van der Waals surface area contributed by atoms with Gasteiger partial charge in [-0.05, 0) is 97.1 Å². The lowest BCUT2D eigenvalue weighted by molar-refractivity contribution is 0.357. The van der Waals surface area contributed by atoms with Crippen LogP contribution in [0.4, 0.5) is 0 Å². The van der Waals surface area contributed by atoms with E-state index in [4.69, 9.17) is 0 Å². The average molecular weight is 383 g/mol. The largest absolute Gasteiger partial charge is 0.0665 e. The van der Waals surface area contributed by atoms with Crippen LogP contribution in [0.25, 0.3) is 11.1 Å². The Bertz CT molecular complexity index is 984. The monoisotopic (exact) mass is 382 g/mol. The first-order chi connectivity index (χ1) is 14.1. The van der Waals surface area contributed by atoms with E-state index in [1.165, 1.54) is 62.5 Å². The third-order valence-electron chi connectivity index (χ3n) is 7.95. The molecule has 3 aliphatic carbocycles. The third-order valence-corrected chi connectivity index (χ3v) is 7.95. The maximum absolute atomic E-state index is 2.57. The second-order valence-corrected chi connectivity index (χ2v) is 10.0. The number of hydrogen-bond donors (Lipinski definition) is 0. The quantitative estimate of drug-likeness (QED) is 0.491. The van der Waals surface area contributed by atoms with Crippen molar-refractivity contribution in [2.45, 2.75) is 78.1 Å². The van der Waals surface area contributed by atoms with E-state index in [1.807, 2.05) is 0 Å². The second kappa shape index (κ2) is 7.31. The molecule has 0 saturated carbocycles. The third kappa shape index (κ3) is 3.21. The van der Waals surface area contributed by atoms with Crippen molar-refractivity contribution in [3.63, 3.8) is 0 Å². The van der Waals surface area contributed by atoms with Gasteiger partial charge in [0.15, 0.2) is 0 Å². The van der Waals surface area contributed by atoms with Gasteiger partial charge in [0.25, 0.3) is 0 Å². The molecule has 0 N–H and O–H groups in total. The van der Waals surface area contributed by atoms with Crippen molar-refractivity contribution in [2.75, 3.05) is 0 Å². The van der Waals surface area contributed by atoms with E-state index >= 15 is 0 Å². The molecular weight excluding hydrogens is 348 g/mol. The SMILES string of the molecule is CC1=CC2=C(CCCC2)[C@H](c2cc(-c3ccccc3)cc3c2CCCC3)C1(C)C. The topological polar surface area (TPSA) is 0 Å². The van der Waals surface area contributed by atoms with Crippen LogP contribution in [0.3, 0.4) is 0 Å². The lowest BCUT2D eigenvalue weighted by Gasteiger charge is -2.45. The van der Waals surface area contributed by atoms with E-state index in [-0.39, 0.29) is 5.41 Å². The standard InChI is InChI=1S/C29H34/c1-20-17-22-13-8-10-16-26(22)28(29(20,2)3)27-19-24(21-11-5-4-6-12-21)18-23-14-7-9-15-25(23)27/h4-6,11-12,17-19,28H,7-10,13-16H2,1-3H3/t28-/m1/s1. The van der Waals surface area contributed by atoms with Crippen molar-refractivity contribution in [1.29, 1.82) is 0 Å². The van der Waals surface area contributed by atoms with Gasteiger partial charge in [-0.2, -0.15) is 0 Å². The predicted octanol–water partition coefficient (Wildman–Crippen LogP) is 8.17. The van der Waals surface area contributed by atoms with E-state index in [0.717, 1.165) is 0 Å². The number of benzene rings is 2. The first kappa shape index (κ1) is 18.9. The van der Waals surface area contributed by atoms with Crippen molar-refractivity contribution >= 4 is 0 Å². The van der Waals surface area contributed by atoms with E-state index in [2.05, 4.69) is 69.3 Å². The molecule has 3 aliphatic rings. The fourth-order valence-corrected chi connectivity index (χ4v) is 6.09. The van der Waals surface area contributed by atoms with Crippen molar-refractivity contribution in [2.24, 2.45) is 5.41 Å². The minimum absolute atomic E-state index is 0.191. The van der Waals surface area contributed by atoms with Crippen LogP contribution >= 0.6 is 0 Å². The molecule has 0 bridgehead atoms. The Balaban J connectivity index is 1.74. The van der Waals surface area contributed by atoms with Crippen LogP contribution in [0.1, 0.15) is 81.9 Å². The van der Waals surface area contributed by atoms with Crippen LogP contribution in [-0.4, -0.2) is 0 Å². The molecule has 2 aromatic carbocycles. The fraction of sp³-hybridized carbons (Fsp3) is 0.448. The first-order valence-electron chi connectivity index (χ1n) is 11.7. The molecule has 0 unspecified atom stereocenters. The molecule has 0 saturated heterocycles. The molecule has 1 atom stereocenters. The minimum atomic E-state index is 0.191. The van der Waals surface area contributed by atoms with E-state index in [0.29, 0.717) is 5.92 Å². The Hall–Kier alpha value is -2.08. The van der Waals surface area contributed by atoms with E-state index < -0.39 is 0 Å². The summed E-state index contributed by atoms with van der Waals surface area (Å²) in [5, 5.41) is 0. The summed E-state index contributed by atoms with van der Waals surface area (Å²) in [4.78, 5) is 0. The highest BCUT2D eigenvalue weighted by Gasteiger charge is 2.41. The summed E-state index contributed by atoms with van der Waals surface area (Å²) in [6.07, 6.45) is 13.0. The maximum Gasteiger partial charge on any atom is 0.0145 e. The predicted molar refractivity (Wildman–Crippen MR) is 124 cm³/mol. The van der Waals surface area contributed by atoms with Crippen LogP contribution in [0.2, 0.25) is 0 Å². The Labute approximate surface area is 176 Å². The van der Waals surface area contributed by atoms with Gasteiger partial charge in [-0.1, -0.05) is 73.5 Å². The number of hydrogen-bond acceptors (Lipinski definition) is 0. The summed E-state index contributed by atoms with van der Waals surface area (Å²) in [5.74, 6) is 0.540. The average Bonchev–Trinajstić information content (AvgIpc) is 2.75. The summed E-state index contributed by atoms with van der Waals surface area (Å²) in [6.45, 7) is 7.36. The Morgan fingerprint density at radius 2 is 1.52 bits per heavy atom. The minimum Gasteiger partial charge on any atom is -0.0665 e. The Kier molecular flexibility index (Phi) is 4.77. The second-order valence-electron chi connectivity index (χ2n) is 10.0. The maximum atomic E-state index is 2.57. The summed E-state index contributed by atoms with van der Waals surface area (Å²) < 4.78 is 0. The molecule has 5 rings (SSSR count). The molecule has 0 spiro atoms. The molecule has 0 fully saturated rings. The molecule has 0 heteroatoms. The molecule has 0 radical (unpaired) electrons. The van der Waals surface area contributed by atoms with Crippen molar-refractivity contribution < 1.29 is 0 Å². The van der Waals surface area contributed by atoms with Crippen LogP contribution in [0.15, 0.2) is 65.3 Å².